The molecule has 0 amide bonds. The van der Waals surface area contributed by atoms with E-state index in [1.54, 1.807) is 10.5 Å². The Labute approximate surface area is 294 Å². The number of hydrogen-bond acceptors (Lipinski definition) is 7. The van der Waals surface area contributed by atoms with Gasteiger partial charge in [0.15, 0.2) is 0 Å². The highest BCUT2D eigenvalue weighted by atomic mass is 17.0. The van der Waals surface area contributed by atoms with Crippen molar-refractivity contribution in [2.75, 3.05) is 43.5 Å². The van der Waals surface area contributed by atoms with E-state index in [2.05, 4.69) is 83.1 Å². The summed E-state index contributed by atoms with van der Waals surface area (Å²) in [5.74, 6) is 0. The maximum atomic E-state index is 6.51. The van der Waals surface area contributed by atoms with Crippen LogP contribution >= 0.6 is 0 Å². The third-order valence-corrected chi connectivity index (χ3v) is 8.42. The molecule has 0 radical (unpaired) electrons. The highest BCUT2D eigenvalue weighted by Gasteiger charge is 2.18. The van der Waals surface area contributed by atoms with E-state index in [0.29, 0.717) is 33.0 Å². The first-order valence-corrected chi connectivity index (χ1v) is 19.6. The first kappa shape index (κ1) is 42.0. The number of nitrogens with zero attached hydrogens (tertiary/aromatic N) is 2. The highest BCUT2D eigenvalue weighted by Crippen LogP contribution is 2.30. The molecule has 0 heterocycles. The van der Waals surface area contributed by atoms with Gasteiger partial charge in [-0.25, -0.2) is 19.4 Å². The van der Waals surface area contributed by atoms with E-state index < -0.39 is 0 Å². The Kier molecular flexibility index (Phi) is 25.1. The summed E-state index contributed by atoms with van der Waals surface area (Å²) in [6, 6.07) is 16.9. The standard InChI is InChI=1S/C41H70N2O5/c1-6-11-16-20-33-45-42(46-34-21-17-12-7-2)39-28-24-37(25-29-39)41(44-32-15-10-5)38-26-30-40(31-27-38)43(47-35-22-18-13-8-3)48-36-23-19-14-9-4/h24-31,41H,6-23,32-36H2,1-5H3. The summed E-state index contributed by atoms with van der Waals surface area (Å²) >= 11 is 0. The van der Waals surface area contributed by atoms with E-state index in [1.807, 2.05) is 0 Å². The van der Waals surface area contributed by atoms with Gasteiger partial charge in [0.1, 0.15) is 6.10 Å². The fourth-order valence-electron chi connectivity index (χ4n) is 5.35. The minimum absolute atomic E-state index is 0.184. The summed E-state index contributed by atoms with van der Waals surface area (Å²) in [5, 5.41) is 3.25. The van der Waals surface area contributed by atoms with Crippen LogP contribution < -0.4 is 10.5 Å². The minimum atomic E-state index is -0.184. The zero-order valence-corrected chi connectivity index (χ0v) is 31.4. The average molecular weight is 671 g/mol. The minimum Gasteiger partial charge on any atom is -0.369 e. The number of rotatable bonds is 32. The number of benzene rings is 2. The van der Waals surface area contributed by atoms with E-state index in [9.17, 15) is 0 Å². The molecule has 2 aromatic rings. The molecule has 2 rings (SSSR count). The second-order valence-corrected chi connectivity index (χ2v) is 12.9. The predicted molar refractivity (Wildman–Crippen MR) is 201 cm³/mol. The largest absolute Gasteiger partial charge is 0.369 e. The smallest absolute Gasteiger partial charge is 0.108 e. The average Bonchev–Trinajstić information content (AvgIpc) is 3.11. The van der Waals surface area contributed by atoms with Gasteiger partial charge in [0.05, 0.1) is 37.8 Å². The van der Waals surface area contributed by atoms with Crippen molar-refractivity contribution in [1.82, 2.24) is 0 Å². The van der Waals surface area contributed by atoms with Crippen LogP contribution in [0.3, 0.4) is 0 Å². The number of unbranched alkanes of at least 4 members (excludes halogenated alkanes) is 13. The van der Waals surface area contributed by atoms with Crippen molar-refractivity contribution in [1.29, 1.82) is 0 Å². The highest BCUT2D eigenvalue weighted by molar-refractivity contribution is 5.48. The molecule has 0 atom stereocenters. The second kappa shape index (κ2) is 28.7. The summed E-state index contributed by atoms with van der Waals surface area (Å²) < 4.78 is 6.51. The van der Waals surface area contributed by atoms with E-state index in [-0.39, 0.29) is 6.10 Å². The molecule has 0 bridgehead atoms. The lowest BCUT2D eigenvalue weighted by Gasteiger charge is -2.25. The van der Waals surface area contributed by atoms with Gasteiger partial charge in [-0.2, -0.15) is 0 Å². The summed E-state index contributed by atoms with van der Waals surface area (Å²) in [5.41, 5.74) is 4.00. The molecular formula is C41H70N2O5. The van der Waals surface area contributed by atoms with Crippen LogP contribution in [-0.2, 0) is 24.1 Å². The van der Waals surface area contributed by atoms with Gasteiger partial charge in [-0.1, -0.05) is 142 Å². The van der Waals surface area contributed by atoms with Crippen LogP contribution in [-0.4, -0.2) is 33.0 Å². The maximum Gasteiger partial charge on any atom is 0.108 e. The Morgan fingerprint density at radius 2 is 0.688 bits per heavy atom. The number of anilines is 2. The van der Waals surface area contributed by atoms with Gasteiger partial charge in [0.25, 0.3) is 0 Å². The van der Waals surface area contributed by atoms with Crippen LogP contribution in [0.2, 0.25) is 0 Å². The van der Waals surface area contributed by atoms with E-state index in [1.165, 1.54) is 77.0 Å². The van der Waals surface area contributed by atoms with Gasteiger partial charge in [-0.15, -0.1) is 10.5 Å². The fraction of sp³-hybridized carbons (Fsp3) is 0.707. The molecular weight excluding hydrogens is 600 g/mol. The van der Waals surface area contributed by atoms with Crippen molar-refractivity contribution in [2.24, 2.45) is 0 Å². The van der Waals surface area contributed by atoms with Crippen molar-refractivity contribution in [2.45, 2.75) is 156 Å². The Morgan fingerprint density at radius 3 is 0.979 bits per heavy atom. The quantitative estimate of drug-likeness (QED) is 0.0567. The fourth-order valence-corrected chi connectivity index (χ4v) is 5.35. The van der Waals surface area contributed by atoms with Crippen molar-refractivity contribution >= 4 is 11.4 Å². The van der Waals surface area contributed by atoms with Gasteiger partial charge in [0.2, 0.25) is 0 Å². The summed E-state index contributed by atoms with van der Waals surface area (Å²) in [7, 11) is 0. The zero-order valence-electron chi connectivity index (χ0n) is 31.4. The van der Waals surface area contributed by atoms with Gasteiger partial charge in [-0.3, -0.25) is 0 Å². The molecule has 0 unspecified atom stereocenters. The third-order valence-electron chi connectivity index (χ3n) is 8.42. The molecule has 0 saturated carbocycles. The first-order chi connectivity index (χ1) is 23.7. The topological polar surface area (TPSA) is 52.6 Å². The van der Waals surface area contributed by atoms with Crippen LogP contribution in [0.4, 0.5) is 11.4 Å². The van der Waals surface area contributed by atoms with Gasteiger partial charge < -0.3 is 4.74 Å². The second-order valence-electron chi connectivity index (χ2n) is 12.9. The van der Waals surface area contributed by atoms with Crippen LogP contribution in [0, 0.1) is 0 Å². The Balaban J connectivity index is 2.18. The summed E-state index contributed by atoms with van der Waals surface area (Å²) in [4.78, 5) is 24.5. The normalized spacial score (nSPS) is 11.5. The lowest BCUT2D eigenvalue weighted by atomic mass is 10.0. The summed E-state index contributed by atoms with van der Waals surface area (Å²) in [6.45, 7) is 14.4. The molecule has 48 heavy (non-hydrogen) atoms. The molecule has 0 aliphatic carbocycles. The van der Waals surface area contributed by atoms with Crippen molar-refractivity contribution < 1.29 is 24.1 Å². The molecule has 0 aromatic heterocycles. The predicted octanol–water partition coefficient (Wildman–Crippen LogP) is 12.3. The van der Waals surface area contributed by atoms with Crippen LogP contribution in [0.25, 0.3) is 0 Å². The van der Waals surface area contributed by atoms with E-state index in [4.69, 9.17) is 24.1 Å². The third kappa shape index (κ3) is 18.0. The van der Waals surface area contributed by atoms with E-state index >= 15 is 0 Å². The number of hydrogen-bond donors (Lipinski definition) is 0. The van der Waals surface area contributed by atoms with Crippen LogP contribution in [0.15, 0.2) is 48.5 Å². The van der Waals surface area contributed by atoms with Crippen molar-refractivity contribution in [3.63, 3.8) is 0 Å². The monoisotopic (exact) mass is 671 g/mol. The lowest BCUT2D eigenvalue weighted by molar-refractivity contribution is -0.0916. The molecule has 0 aliphatic heterocycles. The van der Waals surface area contributed by atoms with Gasteiger partial charge in [-0.05, 0) is 67.5 Å². The first-order valence-electron chi connectivity index (χ1n) is 19.6. The Bertz CT molecular complexity index is 884. The van der Waals surface area contributed by atoms with Crippen LogP contribution in [0.1, 0.15) is 167 Å². The molecule has 274 valence electrons. The summed E-state index contributed by atoms with van der Waals surface area (Å²) in [6.07, 6.45) is 20.5. The molecule has 0 saturated heterocycles. The van der Waals surface area contributed by atoms with Crippen molar-refractivity contribution in [3.05, 3.63) is 59.7 Å². The Hall–Kier alpha value is -2.16. The molecule has 0 spiro atoms. The molecule has 2 aromatic carbocycles. The molecule has 7 nitrogen and oxygen atoms in total. The molecule has 7 heteroatoms. The van der Waals surface area contributed by atoms with Crippen molar-refractivity contribution in [3.8, 4) is 0 Å². The Morgan fingerprint density at radius 1 is 0.375 bits per heavy atom. The van der Waals surface area contributed by atoms with Gasteiger partial charge in [0, 0.05) is 6.61 Å². The van der Waals surface area contributed by atoms with E-state index in [0.717, 1.165) is 61.0 Å². The lowest BCUT2D eigenvalue weighted by Crippen LogP contribution is -2.25. The number of ether oxygens (including phenoxy) is 1. The van der Waals surface area contributed by atoms with Gasteiger partial charge >= 0.3 is 0 Å². The molecule has 0 N–H and O–H groups in total. The SMILES string of the molecule is CCCCCCON(OCCCCCC)c1ccc(C(OCCCC)c2ccc(N(OCCCCCC)OCCCCCC)cc2)cc1. The van der Waals surface area contributed by atoms with Crippen LogP contribution in [0.5, 0.6) is 0 Å². The zero-order chi connectivity index (χ0) is 34.5. The molecule has 0 aliphatic rings. The molecule has 0 fully saturated rings. The maximum absolute atomic E-state index is 6.51.